The Hall–Kier alpha value is -2.81. The minimum Gasteiger partial charge on any atom is -0.462 e. The minimum absolute atomic E-state index is 0.197. The van der Waals surface area contributed by atoms with E-state index in [1.54, 1.807) is 6.92 Å². The number of carbonyl (C=O) groups is 3. The van der Waals surface area contributed by atoms with Gasteiger partial charge >= 0.3 is 11.9 Å². The molecule has 1 heterocycles. The predicted octanol–water partition coefficient (Wildman–Crippen LogP) is 3.88. The van der Waals surface area contributed by atoms with Gasteiger partial charge < -0.3 is 14.8 Å². The standard InChI is InChI=1S/C20H19F2NO5S/c1-2-27-19(25)16-11-6-3-4-9-14(11)29-18(16)23-15(24)10-28-20(26)17-12(21)7-5-8-13(17)22/h5,7-8H,2-4,6,9-10H2,1H3,(H,23,24). The lowest BCUT2D eigenvalue weighted by molar-refractivity contribution is -0.119. The van der Waals surface area contributed by atoms with Gasteiger partial charge in [0.05, 0.1) is 12.2 Å². The van der Waals surface area contributed by atoms with Gasteiger partial charge in [0.2, 0.25) is 0 Å². The van der Waals surface area contributed by atoms with E-state index in [0.29, 0.717) is 10.6 Å². The first-order valence-electron chi connectivity index (χ1n) is 9.15. The van der Waals surface area contributed by atoms with E-state index in [9.17, 15) is 23.2 Å². The largest absolute Gasteiger partial charge is 0.462 e. The molecule has 1 aliphatic carbocycles. The summed E-state index contributed by atoms with van der Waals surface area (Å²) < 4.78 is 37.1. The summed E-state index contributed by atoms with van der Waals surface area (Å²) in [5.74, 6) is -4.68. The SMILES string of the molecule is CCOC(=O)c1c(NC(=O)COC(=O)c2c(F)cccc2F)sc2c1CCCC2. The third-order valence-electron chi connectivity index (χ3n) is 4.41. The second-order valence-electron chi connectivity index (χ2n) is 6.36. The van der Waals surface area contributed by atoms with Gasteiger partial charge in [0.1, 0.15) is 22.2 Å². The zero-order valence-electron chi connectivity index (χ0n) is 15.7. The van der Waals surface area contributed by atoms with Crippen molar-refractivity contribution in [3.63, 3.8) is 0 Å². The van der Waals surface area contributed by atoms with Crippen molar-refractivity contribution in [1.29, 1.82) is 0 Å². The van der Waals surface area contributed by atoms with Crippen molar-refractivity contribution in [3.8, 4) is 0 Å². The second kappa shape index (κ2) is 9.13. The number of fused-ring (bicyclic) bond motifs is 1. The normalized spacial score (nSPS) is 12.8. The number of hydrogen-bond acceptors (Lipinski definition) is 6. The lowest BCUT2D eigenvalue weighted by Gasteiger charge is -2.12. The van der Waals surface area contributed by atoms with Gasteiger partial charge in [0, 0.05) is 4.88 Å². The third kappa shape index (κ3) is 4.61. The van der Waals surface area contributed by atoms with E-state index >= 15 is 0 Å². The van der Waals surface area contributed by atoms with Gasteiger partial charge in [-0.15, -0.1) is 11.3 Å². The molecule has 0 radical (unpaired) electrons. The van der Waals surface area contributed by atoms with Crippen molar-refractivity contribution in [2.45, 2.75) is 32.6 Å². The van der Waals surface area contributed by atoms with Gasteiger partial charge in [-0.05, 0) is 50.3 Å². The van der Waals surface area contributed by atoms with Crippen molar-refractivity contribution in [2.75, 3.05) is 18.5 Å². The molecule has 29 heavy (non-hydrogen) atoms. The molecule has 0 spiro atoms. The molecule has 0 aliphatic heterocycles. The van der Waals surface area contributed by atoms with Gasteiger partial charge in [-0.25, -0.2) is 18.4 Å². The molecule has 2 aromatic rings. The maximum Gasteiger partial charge on any atom is 0.344 e. The number of benzene rings is 1. The summed E-state index contributed by atoms with van der Waals surface area (Å²) in [6.45, 7) is 1.14. The zero-order valence-corrected chi connectivity index (χ0v) is 16.5. The number of amides is 1. The Balaban J connectivity index is 1.71. The molecule has 1 N–H and O–H groups in total. The van der Waals surface area contributed by atoms with Crippen LogP contribution >= 0.6 is 11.3 Å². The van der Waals surface area contributed by atoms with E-state index in [1.165, 1.54) is 11.3 Å². The molecule has 1 aromatic carbocycles. The molecule has 1 aromatic heterocycles. The predicted molar refractivity (Wildman–Crippen MR) is 102 cm³/mol. The van der Waals surface area contributed by atoms with E-state index in [2.05, 4.69) is 5.32 Å². The number of carbonyl (C=O) groups excluding carboxylic acids is 3. The summed E-state index contributed by atoms with van der Waals surface area (Å²) in [5.41, 5.74) is 0.339. The van der Waals surface area contributed by atoms with Crippen LogP contribution in [0.1, 0.15) is 50.9 Å². The highest BCUT2D eigenvalue weighted by Gasteiger charge is 2.27. The number of rotatable bonds is 6. The fourth-order valence-electron chi connectivity index (χ4n) is 3.13. The van der Waals surface area contributed by atoms with E-state index in [4.69, 9.17) is 9.47 Å². The van der Waals surface area contributed by atoms with Crippen LogP contribution in [0.2, 0.25) is 0 Å². The van der Waals surface area contributed by atoms with Gasteiger partial charge in [0.25, 0.3) is 5.91 Å². The zero-order chi connectivity index (χ0) is 21.0. The second-order valence-corrected chi connectivity index (χ2v) is 7.46. The van der Waals surface area contributed by atoms with E-state index in [1.807, 2.05) is 0 Å². The quantitative estimate of drug-likeness (QED) is 0.714. The van der Waals surface area contributed by atoms with E-state index in [0.717, 1.165) is 54.3 Å². The average Bonchev–Trinajstić information content (AvgIpc) is 3.04. The Kier molecular flexibility index (Phi) is 6.58. The summed E-state index contributed by atoms with van der Waals surface area (Å²) >= 11 is 1.29. The first kappa shape index (κ1) is 20.9. The first-order valence-corrected chi connectivity index (χ1v) is 9.96. The molecule has 6 nitrogen and oxygen atoms in total. The van der Waals surface area contributed by atoms with Crippen molar-refractivity contribution >= 4 is 34.2 Å². The number of nitrogens with one attached hydrogen (secondary N) is 1. The van der Waals surface area contributed by atoms with Crippen LogP contribution in [0.3, 0.4) is 0 Å². The van der Waals surface area contributed by atoms with Crippen molar-refractivity contribution in [2.24, 2.45) is 0 Å². The molecule has 0 bridgehead atoms. The van der Waals surface area contributed by atoms with Crippen LogP contribution in [0.15, 0.2) is 18.2 Å². The summed E-state index contributed by atoms with van der Waals surface area (Å²) in [6.07, 6.45) is 3.46. The van der Waals surface area contributed by atoms with E-state index < -0.39 is 41.7 Å². The highest BCUT2D eigenvalue weighted by atomic mass is 32.1. The van der Waals surface area contributed by atoms with Crippen LogP contribution in [0.25, 0.3) is 0 Å². The maximum absolute atomic E-state index is 13.6. The van der Waals surface area contributed by atoms with E-state index in [-0.39, 0.29) is 6.61 Å². The Morgan fingerprint density at radius 2 is 1.69 bits per heavy atom. The van der Waals surface area contributed by atoms with Crippen LogP contribution in [-0.2, 0) is 27.1 Å². The summed E-state index contributed by atoms with van der Waals surface area (Å²) in [6, 6.07) is 2.95. The monoisotopic (exact) mass is 423 g/mol. The lowest BCUT2D eigenvalue weighted by Crippen LogP contribution is -2.22. The average molecular weight is 423 g/mol. The fourth-order valence-corrected chi connectivity index (χ4v) is 4.43. The molecule has 0 atom stereocenters. The molecule has 154 valence electrons. The summed E-state index contributed by atoms with van der Waals surface area (Å²) in [4.78, 5) is 37.5. The van der Waals surface area contributed by atoms with Crippen molar-refractivity contribution in [1.82, 2.24) is 0 Å². The maximum atomic E-state index is 13.6. The van der Waals surface area contributed by atoms with Crippen molar-refractivity contribution < 1.29 is 32.6 Å². The topological polar surface area (TPSA) is 81.7 Å². The first-order chi connectivity index (χ1) is 13.9. The molecule has 3 rings (SSSR count). The summed E-state index contributed by atoms with van der Waals surface area (Å²) in [7, 11) is 0. The van der Waals surface area contributed by atoms with Crippen molar-refractivity contribution in [3.05, 3.63) is 51.4 Å². The van der Waals surface area contributed by atoms with Gasteiger partial charge in [-0.2, -0.15) is 0 Å². The Morgan fingerprint density at radius 1 is 1.03 bits per heavy atom. The van der Waals surface area contributed by atoms with Crippen LogP contribution in [0.4, 0.5) is 13.8 Å². The number of esters is 2. The molecule has 0 unspecified atom stereocenters. The number of ether oxygens (including phenoxy) is 2. The number of aryl methyl sites for hydroxylation is 1. The summed E-state index contributed by atoms with van der Waals surface area (Å²) in [5, 5.41) is 2.88. The van der Waals surface area contributed by atoms with Gasteiger partial charge in [-0.1, -0.05) is 6.07 Å². The number of hydrogen-bond donors (Lipinski definition) is 1. The third-order valence-corrected chi connectivity index (χ3v) is 5.61. The highest BCUT2D eigenvalue weighted by Crippen LogP contribution is 2.38. The molecular weight excluding hydrogens is 404 g/mol. The minimum atomic E-state index is -1.29. The molecule has 9 heteroatoms. The van der Waals surface area contributed by atoms with Gasteiger partial charge in [-0.3, -0.25) is 4.79 Å². The van der Waals surface area contributed by atoms with Crippen LogP contribution in [-0.4, -0.2) is 31.1 Å². The highest BCUT2D eigenvalue weighted by molar-refractivity contribution is 7.17. The van der Waals surface area contributed by atoms with Crippen LogP contribution in [0.5, 0.6) is 0 Å². The molecule has 0 fully saturated rings. The lowest BCUT2D eigenvalue weighted by atomic mass is 9.95. The Labute approximate surface area is 169 Å². The molecule has 0 saturated heterocycles. The molecular formula is C20H19F2NO5S. The number of thiophene rings is 1. The Bertz CT molecular complexity index is 936. The molecule has 0 saturated carbocycles. The van der Waals surface area contributed by atoms with Crippen LogP contribution < -0.4 is 5.32 Å². The van der Waals surface area contributed by atoms with Gasteiger partial charge in [0.15, 0.2) is 6.61 Å². The van der Waals surface area contributed by atoms with Crippen LogP contribution in [0, 0.1) is 11.6 Å². The fraction of sp³-hybridized carbons (Fsp3) is 0.350. The Morgan fingerprint density at radius 3 is 2.38 bits per heavy atom. The molecule has 1 aliphatic rings. The number of halogens is 2. The smallest absolute Gasteiger partial charge is 0.344 e. The number of anilines is 1. The molecule has 1 amide bonds.